The second-order valence-corrected chi connectivity index (χ2v) is 3.84. The molecule has 6 nitrogen and oxygen atoms in total. The van der Waals surface area contributed by atoms with Crippen molar-refractivity contribution in [1.29, 1.82) is 0 Å². The molecule has 15 heavy (non-hydrogen) atoms. The molecule has 0 saturated heterocycles. The quantitative estimate of drug-likeness (QED) is 0.598. The summed E-state index contributed by atoms with van der Waals surface area (Å²) in [5.74, 6) is -2.46. The molecule has 0 bridgehead atoms. The van der Waals surface area contributed by atoms with Crippen LogP contribution in [0.3, 0.4) is 0 Å². The normalized spacial score (nSPS) is 9.80. The molecule has 7 heteroatoms. The fraction of sp³-hybridized carbons (Fsp3) is 0.375. The smallest absolute Gasteiger partial charge is 0.378 e. The molecular formula is C8H10N2O4S. The first kappa shape index (κ1) is 11.4. The van der Waals surface area contributed by atoms with Crippen LogP contribution in [-0.4, -0.2) is 43.0 Å². The fourth-order valence-corrected chi connectivity index (χ4v) is 1.76. The molecule has 0 aliphatic heterocycles. The number of ketones is 1. The Balaban J connectivity index is 3.16. The number of hydrogen-bond acceptors (Lipinski definition) is 6. The zero-order chi connectivity index (χ0) is 11.6. The van der Waals surface area contributed by atoms with E-state index in [0.717, 1.165) is 11.3 Å². The average molecular weight is 230 g/mol. The molecule has 82 valence electrons. The highest BCUT2D eigenvalue weighted by molar-refractivity contribution is 7.18. The standard InChI is InChI=1S/C8H10N2O4S/c1-10(2)8-9-6(14-3)5(15-8)4(11)7(12)13/h1-3H3,(H,12,13). The van der Waals surface area contributed by atoms with E-state index in [1.54, 1.807) is 19.0 Å². The summed E-state index contributed by atoms with van der Waals surface area (Å²) in [5.41, 5.74) is 0. The second-order valence-electron chi connectivity index (χ2n) is 2.86. The first-order valence-electron chi connectivity index (χ1n) is 3.97. The van der Waals surface area contributed by atoms with Gasteiger partial charge in [0.2, 0.25) is 5.88 Å². The molecule has 0 unspecified atom stereocenters. The minimum Gasteiger partial charge on any atom is -0.480 e. The second kappa shape index (κ2) is 4.26. The van der Waals surface area contributed by atoms with Crippen molar-refractivity contribution in [2.24, 2.45) is 0 Å². The predicted molar refractivity (Wildman–Crippen MR) is 55.0 cm³/mol. The summed E-state index contributed by atoms with van der Waals surface area (Å²) in [6, 6.07) is 0. The molecule has 1 aromatic rings. The highest BCUT2D eigenvalue weighted by atomic mass is 32.1. The van der Waals surface area contributed by atoms with Crippen LogP contribution in [0.4, 0.5) is 5.13 Å². The summed E-state index contributed by atoms with van der Waals surface area (Å²) in [5, 5.41) is 9.09. The molecule has 1 rings (SSSR count). The van der Waals surface area contributed by atoms with Crippen molar-refractivity contribution >= 4 is 28.2 Å². The van der Waals surface area contributed by atoms with Gasteiger partial charge in [-0.1, -0.05) is 11.3 Å². The summed E-state index contributed by atoms with van der Waals surface area (Å²) in [4.78, 5) is 27.4. The monoisotopic (exact) mass is 230 g/mol. The Hall–Kier alpha value is -1.63. The van der Waals surface area contributed by atoms with Gasteiger partial charge in [-0.25, -0.2) is 4.79 Å². The number of Topliss-reactive ketones (excluding diaryl/α,β-unsaturated/α-hetero) is 1. The lowest BCUT2D eigenvalue weighted by Gasteiger charge is -2.04. The van der Waals surface area contributed by atoms with Crippen LogP contribution in [0.1, 0.15) is 9.67 Å². The highest BCUT2D eigenvalue weighted by Gasteiger charge is 2.24. The van der Waals surface area contributed by atoms with Crippen LogP contribution in [0.15, 0.2) is 0 Å². The van der Waals surface area contributed by atoms with Crippen molar-refractivity contribution in [2.75, 3.05) is 26.1 Å². The van der Waals surface area contributed by atoms with Crippen molar-refractivity contribution in [3.8, 4) is 5.88 Å². The van der Waals surface area contributed by atoms with Crippen LogP contribution >= 0.6 is 11.3 Å². The first-order chi connectivity index (χ1) is 6.97. The molecule has 0 amide bonds. The lowest BCUT2D eigenvalue weighted by atomic mass is 10.3. The molecule has 0 fully saturated rings. The van der Waals surface area contributed by atoms with Crippen LogP contribution < -0.4 is 9.64 Å². The predicted octanol–water partition coefficient (Wildman–Crippen LogP) is 0.485. The number of hydrogen-bond donors (Lipinski definition) is 1. The zero-order valence-electron chi connectivity index (χ0n) is 8.47. The zero-order valence-corrected chi connectivity index (χ0v) is 9.29. The third-order valence-electron chi connectivity index (χ3n) is 1.56. The van der Waals surface area contributed by atoms with E-state index >= 15 is 0 Å². The third kappa shape index (κ3) is 2.24. The number of aromatic nitrogens is 1. The van der Waals surface area contributed by atoms with Crippen LogP contribution in [0.5, 0.6) is 5.88 Å². The number of ether oxygens (including phenoxy) is 1. The number of methoxy groups -OCH3 is 1. The van der Waals surface area contributed by atoms with E-state index in [1.165, 1.54) is 7.11 Å². The lowest BCUT2D eigenvalue weighted by Crippen LogP contribution is -2.12. The topological polar surface area (TPSA) is 79.7 Å². The molecule has 0 radical (unpaired) electrons. The van der Waals surface area contributed by atoms with Crippen LogP contribution in [0.2, 0.25) is 0 Å². The Kier molecular flexibility index (Phi) is 3.25. The molecule has 0 atom stereocenters. The van der Waals surface area contributed by atoms with Gasteiger partial charge < -0.3 is 14.7 Å². The highest BCUT2D eigenvalue weighted by Crippen LogP contribution is 2.30. The number of aliphatic carboxylic acids is 1. The van der Waals surface area contributed by atoms with Crippen LogP contribution in [-0.2, 0) is 4.79 Å². The van der Waals surface area contributed by atoms with Crippen molar-refractivity contribution in [3.05, 3.63) is 4.88 Å². The maximum absolute atomic E-state index is 11.2. The maximum Gasteiger partial charge on any atom is 0.378 e. The lowest BCUT2D eigenvalue weighted by molar-refractivity contribution is -0.131. The van der Waals surface area contributed by atoms with Gasteiger partial charge in [0.15, 0.2) is 5.13 Å². The minimum absolute atomic E-state index is 0.00806. The molecular weight excluding hydrogens is 220 g/mol. The Morgan fingerprint density at radius 3 is 2.47 bits per heavy atom. The molecule has 0 aromatic carbocycles. The van der Waals surface area contributed by atoms with Gasteiger partial charge in [0, 0.05) is 14.1 Å². The number of thiazole rings is 1. The van der Waals surface area contributed by atoms with E-state index < -0.39 is 11.8 Å². The molecule has 1 N–H and O–H groups in total. The minimum atomic E-state index is -1.51. The fourth-order valence-electron chi connectivity index (χ4n) is 0.866. The van der Waals surface area contributed by atoms with E-state index in [2.05, 4.69) is 4.98 Å². The molecule has 0 spiro atoms. The van der Waals surface area contributed by atoms with Gasteiger partial charge in [0.05, 0.1) is 7.11 Å². The Bertz CT molecular complexity index is 399. The summed E-state index contributed by atoms with van der Waals surface area (Å²) >= 11 is 0.988. The third-order valence-corrected chi connectivity index (χ3v) is 2.76. The Labute approximate surface area is 90.1 Å². The Morgan fingerprint density at radius 2 is 2.07 bits per heavy atom. The van der Waals surface area contributed by atoms with Crippen LogP contribution in [0, 0.1) is 0 Å². The molecule has 0 aliphatic rings. The van der Waals surface area contributed by atoms with Crippen molar-refractivity contribution in [1.82, 2.24) is 4.98 Å². The average Bonchev–Trinajstić information content (AvgIpc) is 2.59. The van der Waals surface area contributed by atoms with Crippen molar-refractivity contribution in [3.63, 3.8) is 0 Å². The SMILES string of the molecule is COc1nc(N(C)C)sc1C(=O)C(=O)O. The van der Waals surface area contributed by atoms with Gasteiger partial charge >= 0.3 is 5.97 Å². The van der Waals surface area contributed by atoms with Crippen molar-refractivity contribution < 1.29 is 19.4 Å². The number of nitrogens with zero attached hydrogens (tertiary/aromatic N) is 2. The molecule has 1 heterocycles. The number of carbonyl (C=O) groups is 2. The Morgan fingerprint density at radius 1 is 1.47 bits per heavy atom. The van der Waals surface area contributed by atoms with Crippen molar-refractivity contribution in [2.45, 2.75) is 0 Å². The van der Waals surface area contributed by atoms with Gasteiger partial charge in [0.25, 0.3) is 5.78 Å². The van der Waals surface area contributed by atoms with E-state index in [4.69, 9.17) is 9.84 Å². The number of rotatable bonds is 4. The molecule has 0 saturated carbocycles. The molecule has 1 aromatic heterocycles. The van der Waals surface area contributed by atoms with E-state index in [1.807, 2.05) is 0 Å². The summed E-state index contributed by atoms with van der Waals surface area (Å²) in [7, 11) is 4.83. The van der Waals surface area contributed by atoms with Crippen LogP contribution in [0.25, 0.3) is 0 Å². The summed E-state index contributed by atoms with van der Waals surface area (Å²) in [6.45, 7) is 0. The van der Waals surface area contributed by atoms with Gasteiger partial charge in [-0.05, 0) is 0 Å². The number of carbonyl (C=O) groups excluding carboxylic acids is 1. The van der Waals surface area contributed by atoms with Gasteiger partial charge in [0.1, 0.15) is 4.88 Å². The number of carboxylic acids is 1. The van der Waals surface area contributed by atoms with Gasteiger partial charge in [-0.15, -0.1) is 0 Å². The largest absolute Gasteiger partial charge is 0.480 e. The summed E-state index contributed by atoms with van der Waals surface area (Å²) < 4.78 is 4.84. The van der Waals surface area contributed by atoms with E-state index in [0.29, 0.717) is 5.13 Å². The van der Waals surface area contributed by atoms with Gasteiger partial charge in [-0.2, -0.15) is 4.98 Å². The van der Waals surface area contributed by atoms with E-state index in [-0.39, 0.29) is 10.8 Å². The maximum atomic E-state index is 11.2. The van der Waals surface area contributed by atoms with Gasteiger partial charge in [-0.3, -0.25) is 4.79 Å². The number of anilines is 1. The first-order valence-corrected chi connectivity index (χ1v) is 4.78. The summed E-state index contributed by atoms with van der Waals surface area (Å²) in [6.07, 6.45) is 0. The number of carboxylic acid groups (broad SMARTS) is 1. The molecule has 0 aliphatic carbocycles. The van der Waals surface area contributed by atoms with E-state index in [9.17, 15) is 9.59 Å².